The number of aliphatic hydroxyl groups is 1. The van der Waals surface area contributed by atoms with Crippen molar-refractivity contribution in [2.45, 2.75) is 25.0 Å². The third-order valence-electron chi connectivity index (χ3n) is 5.51. The predicted octanol–water partition coefficient (Wildman–Crippen LogP) is 3.48. The van der Waals surface area contributed by atoms with Crippen molar-refractivity contribution in [2.24, 2.45) is 0 Å². The van der Waals surface area contributed by atoms with Crippen LogP contribution in [0.1, 0.15) is 24.0 Å². The molecule has 0 saturated carbocycles. The van der Waals surface area contributed by atoms with Crippen LogP contribution in [-0.2, 0) is 16.9 Å². The Morgan fingerprint density at radius 3 is 2.43 bits per heavy atom. The van der Waals surface area contributed by atoms with E-state index in [0.29, 0.717) is 17.9 Å². The number of nitrogens with zero attached hydrogens (tertiary/aromatic N) is 3. The lowest BCUT2D eigenvalue weighted by Crippen LogP contribution is -2.42. The highest BCUT2D eigenvalue weighted by molar-refractivity contribution is 6.30. The Balaban J connectivity index is 1.69. The Morgan fingerprint density at radius 1 is 1.11 bits per heavy atom. The second-order valence-corrected chi connectivity index (χ2v) is 8.19. The van der Waals surface area contributed by atoms with Crippen LogP contribution in [0, 0.1) is 0 Å². The van der Waals surface area contributed by atoms with E-state index in [0.717, 1.165) is 43.0 Å². The largest absolute Gasteiger partial charge is 0.385 e. The zero-order valence-corrected chi connectivity index (χ0v) is 17.5. The molecule has 0 radical (unpaired) electrons. The van der Waals surface area contributed by atoms with Crippen LogP contribution in [0.25, 0.3) is 0 Å². The summed E-state index contributed by atoms with van der Waals surface area (Å²) in [5.74, 6) is 0. The second-order valence-electron chi connectivity index (χ2n) is 7.75. The molecule has 0 aromatic heterocycles. The number of carbonyl (C=O) groups excluding carboxylic acids is 1. The summed E-state index contributed by atoms with van der Waals surface area (Å²) in [7, 11) is 5.72. The summed E-state index contributed by atoms with van der Waals surface area (Å²) >= 11 is 6.10. The van der Waals surface area contributed by atoms with Gasteiger partial charge in [0.1, 0.15) is 0 Å². The zero-order valence-electron chi connectivity index (χ0n) is 16.7. The third-order valence-corrected chi connectivity index (χ3v) is 5.75. The standard InChI is InChI=1S/C22H28ClN3O2/c1-24(2)21-13-17(7-8-20(21)25(3)16-27)15-26-11-9-22(28,10-12-26)18-5-4-6-19(23)14-18/h4-8,13-14,16,28H,9-12,15H2,1-3H3. The first-order valence-electron chi connectivity index (χ1n) is 9.51. The van der Waals surface area contributed by atoms with Gasteiger partial charge in [0.15, 0.2) is 0 Å². The summed E-state index contributed by atoms with van der Waals surface area (Å²) in [5.41, 5.74) is 3.18. The summed E-state index contributed by atoms with van der Waals surface area (Å²) in [5, 5.41) is 11.7. The van der Waals surface area contributed by atoms with Gasteiger partial charge in [-0.3, -0.25) is 9.69 Å². The molecule has 0 aliphatic carbocycles. The van der Waals surface area contributed by atoms with E-state index in [1.165, 1.54) is 5.56 Å². The van der Waals surface area contributed by atoms with Gasteiger partial charge in [0.2, 0.25) is 6.41 Å². The third kappa shape index (κ3) is 4.49. The van der Waals surface area contributed by atoms with Crippen molar-refractivity contribution in [1.29, 1.82) is 0 Å². The molecule has 1 fully saturated rings. The smallest absolute Gasteiger partial charge is 0.213 e. The number of hydrogen-bond donors (Lipinski definition) is 1. The summed E-state index contributed by atoms with van der Waals surface area (Å²) < 4.78 is 0. The SMILES string of the molecule is CN(C)c1cc(CN2CCC(O)(c3cccc(Cl)c3)CC2)ccc1N(C)C=O. The maximum Gasteiger partial charge on any atom is 0.213 e. The van der Waals surface area contributed by atoms with Gasteiger partial charge in [-0.25, -0.2) is 0 Å². The van der Waals surface area contributed by atoms with Crippen LogP contribution in [0.4, 0.5) is 11.4 Å². The van der Waals surface area contributed by atoms with Gasteiger partial charge in [-0.2, -0.15) is 0 Å². The van der Waals surface area contributed by atoms with Crippen molar-refractivity contribution in [3.8, 4) is 0 Å². The van der Waals surface area contributed by atoms with E-state index in [1.54, 1.807) is 11.9 Å². The fraction of sp³-hybridized carbons (Fsp3) is 0.409. The van der Waals surface area contributed by atoms with Gasteiger partial charge in [-0.05, 0) is 48.2 Å². The molecule has 1 heterocycles. The normalized spacial score (nSPS) is 16.6. The molecule has 1 aliphatic rings. The van der Waals surface area contributed by atoms with Crippen molar-refractivity contribution < 1.29 is 9.90 Å². The molecular weight excluding hydrogens is 374 g/mol. The highest BCUT2D eigenvalue weighted by Crippen LogP contribution is 2.35. The molecular formula is C22H28ClN3O2. The average molecular weight is 402 g/mol. The number of piperidine rings is 1. The monoisotopic (exact) mass is 401 g/mol. The number of hydrogen-bond acceptors (Lipinski definition) is 4. The maximum absolute atomic E-state index is 11.1. The molecule has 1 N–H and O–H groups in total. The van der Waals surface area contributed by atoms with Crippen LogP contribution < -0.4 is 9.80 Å². The van der Waals surface area contributed by atoms with E-state index in [-0.39, 0.29) is 0 Å². The van der Waals surface area contributed by atoms with Crippen LogP contribution in [-0.4, -0.2) is 50.6 Å². The molecule has 28 heavy (non-hydrogen) atoms. The molecule has 6 heteroatoms. The number of rotatable bonds is 6. The molecule has 1 saturated heterocycles. The lowest BCUT2D eigenvalue weighted by Gasteiger charge is -2.38. The summed E-state index contributed by atoms with van der Waals surface area (Å²) in [6, 6.07) is 13.7. The molecule has 0 unspecified atom stereocenters. The van der Waals surface area contributed by atoms with Crippen LogP contribution in [0.5, 0.6) is 0 Å². The van der Waals surface area contributed by atoms with Gasteiger partial charge in [0.25, 0.3) is 0 Å². The van der Waals surface area contributed by atoms with Crippen LogP contribution in [0.15, 0.2) is 42.5 Å². The molecule has 0 bridgehead atoms. The Morgan fingerprint density at radius 2 is 1.82 bits per heavy atom. The Labute approximate surface area is 172 Å². The molecule has 3 rings (SSSR count). The maximum atomic E-state index is 11.1. The van der Waals surface area contributed by atoms with E-state index in [1.807, 2.05) is 49.3 Å². The number of anilines is 2. The van der Waals surface area contributed by atoms with E-state index in [2.05, 4.69) is 17.0 Å². The molecule has 0 spiro atoms. The minimum absolute atomic E-state index is 0.657. The second kappa shape index (κ2) is 8.52. The first kappa shape index (κ1) is 20.6. The Hall–Kier alpha value is -2.08. The minimum Gasteiger partial charge on any atom is -0.385 e. The molecule has 2 aromatic rings. The minimum atomic E-state index is -0.813. The lowest BCUT2D eigenvalue weighted by atomic mass is 9.84. The fourth-order valence-corrected chi connectivity index (χ4v) is 3.98. The quantitative estimate of drug-likeness (QED) is 0.753. The van der Waals surface area contributed by atoms with Crippen molar-refractivity contribution in [1.82, 2.24) is 4.90 Å². The summed E-state index contributed by atoms with van der Waals surface area (Å²) in [6.07, 6.45) is 2.18. The van der Waals surface area contributed by atoms with Gasteiger partial charge >= 0.3 is 0 Å². The van der Waals surface area contributed by atoms with Crippen LogP contribution in [0.2, 0.25) is 5.02 Å². The van der Waals surface area contributed by atoms with Crippen molar-refractivity contribution in [3.63, 3.8) is 0 Å². The van der Waals surface area contributed by atoms with Crippen LogP contribution in [0.3, 0.4) is 0 Å². The van der Waals surface area contributed by atoms with E-state index >= 15 is 0 Å². The van der Waals surface area contributed by atoms with Crippen molar-refractivity contribution in [3.05, 3.63) is 58.6 Å². The number of benzene rings is 2. The number of likely N-dealkylation sites (tertiary alicyclic amines) is 1. The zero-order chi connectivity index (χ0) is 20.3. The molecule has 1 amide bonds. The molecule has 5 nitrogen and oxygen atoms in total. The van der Waals surface area contributed by atoms with Gasteiger partial charge < -0.3 is 14.9 Å². The van der Waals surface area contributed by atoms with E-state index in [9.17, 15) is 9.90 Å². The summed E-state index contributed by atoms with van der Waals surface area (Å²) in [4.78, 5) is 17.1. The topological polar surface area (TPSA) is 47.0 Å². The van der Waals surface area contributed by atoms with E-state index < -0.39 is 5.60 Å². The molecule has 1 aliphatic heterocycles. The first-order valence-corrected chi connectivity index (χ1v) is 9.89. The van der Waals surface area contributed by atoms with E-state index in [4.69, 9.17) is 11.6 Å². The predicted molar refractivity (Wildman–Crippen MR) is 115 cm³/mol. The van der Waals surface area contributed by atoms with Gasteiger partial charge in [0, 0.05) is 45.8 Å². The number of carbonyl (C=O) groups is 1. The highest BCUT2D eigenvalue weighted by Gasteiger charge is 2.34. The number of halogens is 1. The Bertz CT molecular complexity index is 832. The van der Waals surface area contributed by atoms with Crippen molar-refractivity contribution in [2.75, 3.05) is 44.0 Å². The van der Waals surface area contributed by atoms with Crippen LogP contribution >= 0.6 is 11.6 Å². The first-order chi connectivity index (χ1) is 13.3. The fourth-order valence-electron chi connectivity index (χ4n) is 3.79. The highest BCUT2D eigenvalue weighted by atomic mass is 35.5. The van der Waals surface area contributed by atoms with Gasteiger partial charge in [0.05, 0.1) is 17.0 Å². The molecule has 150 valence electrons. The number of amides is 1. The average Bonchev–Trinajstić information content (AvgIpc) is 2.69. The summed E-state index contributed by atoms with van der Waals surface area (Å²) in [6.45, 7) is 2.45. The van der Waals surface area contributed by atoms with Crippen molar-refractivity contribution >= 4 is 29.4 Å². The Kier molecular flexibility index (Phi) is 6.28. The van der Waals surface area contributed by atoms with Gasteiger partial charge in [-0.1, -0.05) is 29.8 Å². The lowest BCUT2D eigenvalue weighted by molar-refractivity contribution is -0.107. The molecule has 2 aromatic carbocycles. The van der Waals surface area contributed by atoms with Gasteiger partial charge in [-0.15, -0.1) is 0 Å². The molecule has 0 atom stereocenters.